The van der Waals surface area contributed by atoms with E-state index in [9.17, 15) is 9.59 Å². The average molecular weight is 302 g/mol. The molecule has 0 amide bonds. The van der Waals surface area contributed by atoms with Gasteiger partial charge in [-0.2, -0.15) is 0 Å². The van der Waals surface area contributed by atoms with E-state index in [4.69, 9.17) is 14.6 Å². The van der Waals surface area contributed by atoms with Crippen molar-refractivity contribution in [3.63, 3.8) is 0 Å². The summed E-state index contributed by atoms with van der Waals surface area (Å²) >= 11 is 0. The van der Waals surface area contributed by atoms with Crippen LogP contribution in [0, 0.1) is 0 Å². The lowest BCUT2D eigenvalue weighted by atomic mass is 10.1. The van der Waals surface area contributed by atoms with E-state index >= 15 is 0 Å². The zero-order valence-electron chi connectivity index (χ0n) is 12.1. The molecule has 2 aromatic rings. The Morgan fingerprint density at radius 3 is 2.36 bits per heavy atom. The number of carbonyl (C=O) groups is 2. The van der Waals surface area contributed by atoms with Crippen LogP contribution in [0.1, 0.15) is 33.6 Å². The maximum Gasteiger partial charge on any atom is 0.355 e. The van der Waals surface area contributed by atoms with Crippen LogP contribution in [0.2, 0.25) is 0 Å². The first-order valence-corrected chi connectivity index (χ1v) is 6.38. The molecule has 0 unspecified atom stereocenters. The van der Waals surface area contributed by atoms with Gasteiger partial charge in [-0.15, -0.1) is 0 Å². The minimum absolute atomic E-state index is 0.00913. The maximum absolute atomic E-state index is 11.3. The van der Waals surface area contributed by atoms with E-state index in [0.717, 1.165) is 0 Å². The second-order valence-electron chi connectivity index (χ2n) is 4.37. The molecule has 22 heavy (non-hydrogen) atoms. The van der Waals surface area contributed by atoms with E-state index in [1.807, 2.05) is 0 Å². The van der Waals surface area contributed by atoms with Crippen LogP contribution in [-0.2, 0) is 6.61 Å². The van der Waals surface area contributed by atoms with Crippen molar-refractivity contribution in [1.29, 1.82) is 0 Å². The number of ketones is 1. The molecule has 114 valence electrons. The van der Waals surface area contributed by atoms with E-state index in [1.165, 1.54) is 13.1 Å². The Bertz CT molecular complexity index is 698. The highest BCUT2D eigenvalue weighted by Gasteiger charge is 2.17. The normalized spacial score (nSPS) is 10.1. The summed E-state index contributed by atoms with van der Waals surface area (Å²) in [4.78, 5) is 30.3. The van der Waals surface area contributed by atoms with Gasteiger partial charge in [-0.3, -0.25) is 4.79 Å². The molecular weight excluding hydrogens is 288 g/mol. The summed E-state index contributed by atoms with van der Waals surface area (Å²) in [6, 6.07) is 6.89. The molecule has 0 aliphatic heterocycles. The average Bonchev–Trinajstić information content (AvgIpc) is 2.53. The minimum atomic E-state index is -1.28. The number of carbonyl (C=O) groups excluding carboxylic acids is 1. The molecule has 0 atom stereocenters. The van der Waals surface area contributed by atoms with E-state index in [1.54, 1.807) is 31.4 Å². The highest BCUT2D eigenvalue weighted by molar-refractivity contribution is 6.03. The zero-order chi connectivity index (χ0) is 16.1. The van der Waals surface area contributed by atoms with Gasteiger partial charge in [0.25, 0.3) is 0 Å². The third-order valence-electron chi connectivity index (χ3n) is 2.85. The molecule has 0 spiro atoms. The number of Topliss-reactive ketones (excluding diaryl/α,β-unsaturated/α-hetero) is 1. The number of ether oxygens (including phenoxy) is 2. The van der Waals surface area contributed by atoms with E-state index in [0.29, 0.717) is 11.5 Å². The number of aromatic nitrogens is 2. The standard InChI is InChI=1S/C15H14N2O5/c1-9(18)12-7-16-13(17-14(12)15(19)20)8-22-11-5-3-10(21-2)4-6-11/h3-7H,8H2,1-2H3,(H,19,20). The van der Waals surface area contributed by atoms with Crippen LogP contribution in [-0.4, -0.2) is 33.9 Å². The van der Waals surface area contributed by atoms with Crippen molar-refractivity contribution < 1.29 is 24.2 Å². The Kier molecular flexibility index (Phi) is 4.67. The summed E-state index contributed by atoms with van der Waals surface area (Å²) in [6.45, 7) is 1.25. The van der Waals surface area contributed by atoms with Crippen LogP contribution >= 0.6 is 0 Å². The fourth-order valence-electron chi connectivity index (χ4n) is 1.73. The number of methoxy groups -OCH3 is 1. The Morgan fingerprint density at radius 2 is 1.82 bits per heavy atom. The summed E-state index contributed by atoms with van der Waals surface area (Å²) < 4.78 is 10.5. The van der Waals surface area contributed by atoms with Gasteiger partial charge in [0, 0.05) is 6.20 Å². The first kappa shape index (κ1) is 15.4. The molecule has 1 aromatic carbocycles. The number of hydrogen-bond acceptors (Lipinski definition) is 6. The predicted molar refractivity (Wildman–Crippen MR) is 76.3 cm³/mol. The molecule has 2 rings (SSSR count). The molecular formula is C15H14N2O5. The maximum atomic E-state index is 11.3. The lowest BCUT2D eigenvalue weighted by Crippen LogP contribution is -2.13. The smallest absolute Gasteiger partial charge is 0.355 e. The summed E-state index contributed by atoms with van der Waals surface area (Å²) in [6.07, 6.45) is 1.20. The molecule has 0 aliphatic carbocycles. The molecule has 0 saturated carbocycles. The van der Waals surface area contributed by atoms with Gasteiger partial charge in [0.2, 0.25) is 0 Å². The molecule has 1 N–H and O–H groups in total. The van der Waals surface area contributed by atoms with E-state index in [-0.39, 0.29) is 23.7 Å². The van der Waals surface area contributed by atoms with Gasteiger partial charge in [0.1, 0.15) is 18.1 Å². The van der Waals surface area contributed by atoms with Crippen molar-refractivity contribution in [3.8, 4) is 11.5 Å². The van der Waals surface area contributed by atoms with Gasteiger partial charge in [-0.25, -0.2) is 14.8 Å². The van der Waals surface area contributed by atoms with Crippen molar-refractivity contribution in [1.82, 2.24) is 9.97 Å². The van der Waals surface area contributed by atoms with E-state index < -0.39 is 11.8 Å². The summed E-state index contributed by atoms with van der Waals surface area (Å²) in [5, 5.41) is 9.08. The zero-order valence-corrected chi connectivity index (χ0v) is 12.1. The Balaban J connectivity index is 2.14. The number of benzene rings is 1. The number of aromatic carboxylic acids is 1. The van der Waals surface area contributed by atoms with Crippen molar-refractivity contribution >= 4 is 11.8 Å². The highest BCUT2D eigenvalue weighted by Crippen LogP contribution is 2.18. The van der Waals surface area contributed by atoms with Crippen molar-refractivity contribution in [3.05, 3.63) is 47.5 Å². The summed E-state index contributed by atoms with van der Waals surface area (Å²) in [7, 11) is 1.56. The third kappa shape index (κ3) is 3.57. The van der Waals surface area contributed by atoms with Crippen LogP contribution < -0.4 is 9.47 Å². The first-order valence-electron chi connectivity index (χ1n) is 6.38. The van der Waals surface area contributed by atoms with Crippen LogP contribution in [0.5, 0.6) is 11.5 Å². The third-order valence-corrected chi connectivity index (χ3v) is 2.85. The van der Waals surface area contributed by atoms with Crippen LogP contribution in [0.15, 0.2) is 30.5 Å². The largest absolute Gasteiger partial charge is 0.497 e. The van der Waals surface area contributed by atoms with Crippen LogP contribution in [0.3, 0.4) is 0 Å². The first-order chi connectivity index (χ1) is 10.5. The molecule has 7 heteroatoms. The monoisotopic (exact) mass is 302 g/mol. The van der Waals surface area contributed by atoms with Crippen molar-refractivity contribution in [2.45, 2.75) is 13.5 Å². The quantitative estimate of drug-likeness (QED) is 0.814. The lowest BCUT2D eigenvalue weighted by molar-refractivity contribution is 0.0684. The number of nitrogens with zero attached hydrogens (tertiary/aromatic N) is 2. The minimum Gasteiger partial charge on any atom is -0.497 e. The van der Waals surface area contributed by atoms with Crippen LogP contribution in [0.25, 0.3) is 0 Å². The second kappa shape index (κ2) is 6.66. The molecule has 0 fully saturated rings. The Labute approximate surface area is 126 Å². The fourth-order valence-corrected chi connectivity index (χ4v) is 1.73. The lowest BCUT2D eigenvalue weighted by Gasteiger charge is -2.08. The predicted octanol–water partition coefficient (Wildman–Crippen LogP) is 1.97. The molecule has 0 radical (unpaired) electrons. The summed E-state index contributed by atoms with van der Waals surface area (Å²) in [5.74, 6) is -0.240. The Morgan fingerprint density at radius 1 is 1.18 bits per heavy atom. The molecule has 7 nitrogen and oxygen atoms in total. The molecule has 0 saturated heterocycles. The van der Waals surface area contributed by atoms with Gasteiger partial charge in [-0.05, 0) is 31.2 Å². The van der Waals surface area contributed by atoms with Gasteiger partial charge in [-0.1, -0.05) is 0 Å². The second-order valence-corrected chi connectivity index (χ2v) is 4.37. The van der Waals surface area contributed by atoms with Crippen molar-refractivity contribution in [2.75, 3.05) is 7.11 Å². The van der Waals surface area contributed by atoms with Gasteiger partial charge >= 0.3 is 5.97 Å². The van der Waals surface area contributed by atoms with Gasteiger partial charge < -0.3 is 14.6 Å². The van der Waals surface area contributed by atoms with Gasteiger partial charge in [0.05, 0.1) is 12.7 Å². The number of carboxylic acids is 1. The highest BCUT2D eigenvalue weighted by atomic mass is 16.5. The van der Waals surface area contributed by atoms with Crippen LogP contribution in [0.4, 0.5) is 0 Å². The fraction of sp³-hybridized carbons (Fsp3) is 0.200. The number of rotatable bonds is 6. The van der Waals surface area contributed by atoms with E-state index in [2.05, 4.69) is 9.97 Å². The molecule has 0 bridgehead atoms. The molecule has 0 aliphatic rings. The topological polar surface area (TPSA) is 98.6 Å². The summed E-state index contributed by atoms with van der Waals surface area (Å²) in [5.41, 5.74) is -0.350. The van der Waals surface area contributed by atoms with Crippen molar-refractivity contribution in [2.24, 2.45) is 0 Å². The SMILES string of the molecule is COc1ccc(OCc2ncc(C(C)=O)c(C(=O)O)n2)cc1. The Hall–Kier alpha value is -2.96. The van der Waals surface area contributed by atoms with Gasteiger partial charge in [0.15, 0.2) is 17.3 Å². The number of carboxylic acid groups (broad SMARTS) is 1. The number of hydrogen-bond donors (Lipinski definition) is 1. The molecule has 1 heterocycles. The molecule has 1 aromatic heterocycles.